The molecule has 1 saturated heterocycles. The molecular formula is C10H14ClNO2S2. The van der Waals surface area contributed by atoms with Crippen molar-refractivity contribution in [3.63, 3.8) is 0 Å². The standard InChI is InChI=1S/C10H14ClNO2S2/c1-7-2-3-16(13,14)6-9(12-7)8-4-10(11)15-5-8/h4-5,7,9,12H,2-3,6H2,1H3. The molecular weight excluding hydrogens is 266 g/mol. The summed E-state index contributed by atoms with van der Waals surface area (Å²) in [5.74, 6) is 0.444. The van der Waals surface area contributed by atoms with Crippen LogP contribution in [-0.4, -0.2) is 26.0 Å². The first kappa shape index (κ1) is 12.4. The summed E-state index contributed by atoms with van der Waals surface area (Å²) < 4.78 is 24.2. The van der Waals surface area contributed by atoms with E-state index in [-0.39, 0.29) is 23.6 Å². The number of nitrogens with one attached hydrogen (secondary N) is 1. The van der Waals surface area contributed by atoms with Gasteiger partial charge in [0.05, 0.1) is 15.8 Å². The van der Waals surface area contributed by atoms with E-state index in [1.54, 1.807) is 0 Å². The molecule has 0 saturated carbocycles. The van der Waals surface area contributed by atoms with Crippen molar-refractivity contribution in [2.24, 2.45) is 0 Å². The Balaban J connectivity index is 2.25. The molecule has 2 rings (SSSR count). The van der Waals surface area contributed by atoms with Gasteiger partial charge in [-0.1, -0.05) is 11.6 Å². The van der Waals surface area contributed by atoms with Crippen molar-refractivity contribution >= 4 is 32.8 Å². The summed E-state index contributed by atoms with van der Waals surface area (Å²) in [6.07, 6.45) is 0.677. The molecule has 2 atom stereocenters. The van der Waals surface area contributed by atoms with Gasteiger partial charge in [0.2, 0.25) is 0 Å². The van der Waals surface area contributed by atoms with Crippen molar-refractivity contribution in [1.82, 2.24) is 5.32 Å². The summed E-state index contributed by atoms with van der Waals surface area (Å²) >= 11 is 7.31. The predicted octanol–water partition coefficient (Wildman–Crippen LogP) is 2.24. The van der Waals surface area contributed by atoms with Crippen LogP contribution in [0.1, 0.15) is 24.9 Å². The van der Waals surface area contributed by atoms with Crippen LogP contribution in [-0.2, 0) is 9.84 Å². The van der Waals surface area contributed by atoms with Crippen LogP contribution in [0.2, 0.25) is 4.34 Å². The fourth-order valence-corrected chi connectivity index (χ4v) is 4.49. The molecule has 1 fully saturated rings. The monoisotopic (exact) mass is 279 g/mol. The Bertz CT molecular complexity index is 469. The molecule has 2 heterocycles. The van der Waals surface area contributed by atoms with Gasteiger partial charge in [-0.3, -0.25) is 0 Å². The third-order valence-corrected chi connectivity index (χ3v) is 5.57. The van der Waals surface area contributed by atoms with Crippen LogP contribution in [0.4, 0.5) is 0 Å². The second-order valence-corrected chi connectivity index (χ2v) is 7.98. The smallest absolute Gasteiger partial charge is 0.152 e. The normalized spacial score (nSPS) is 29.9. The van der Waals surface area contributed by atoms with E-state index in [1.165, 1.54) is 11.3 Å². The third-order valence-electron chi connectivity index (χ3n) is 2.76. The molecule has 0 amide bonds. The van der Waals surface area contributed by atoms with Crippen molar-refractivity contribution in [1.29, 1.82) is 0 Å². The molecule has 1 aliphatic heterocycles. The van der Waals surface area contributed by atoms with Gasteiger partial charge in [-0.25, -0.2) is 8.42 Å². The maximum Gasteiger partial charge on any atom is 0.152 e. The van der Waals surface area contributed by atoms with Crippen LogP contribution in [0.25, 0.3) is 0 Å². The summed E-state index contributed by atoms with van der Waals surface area (Å²) in [5.41, 5.74) is 0.979. The molecule has 16 heavy (non-hydrogen) atoms. The van der Waals surface area contributed by atoms with Gasteiger partial charge in [0.1, 0.15) is 0 Å². The van der Waals surface area contributed by atoms with E-state index in [0.717, 1.165) is 5.56 Å². The molecule has 0 aliphatic carbocycles. The van der Waals surface area contributed by atoms with Crippen LogP contribution in [0.15, 0.2) is 11.4 Å². The first-order valence-electron chi connectivity index (χ1n) is 5.17. The Morgan fingerprint density at radius 2 is 2.31 bits per heavy atom. The minimum absolute atomic E-state index is 0.119. The molecule has 3 nitrogen and oxygen atoms in total. The molecule has 1 N–H and O–H groups in total. The molecule has 0 bridgehead atoms. The van der Waals surface area contributed by atoms with Crippen LogP contribution in [0.3, 0.4) is 0 Å². The molecule has 1 aliphatic rings. The van der Waals surface area contributed by atoms with Gasteiger partial charge in [-0.2, -0.15) is 0 Å². The van der Waals surface area contributed by atoms with Crippen molar-refractivity contribution in [2.45, 2.75) is 25.4 Å². The Labute approximate surface area is 105 Å². The van der Waals surface area contributed by atoms with E-state index in [0.29, 0.717) is 10.8 Å². The molecule has 0 radical (unpaired) electrons. The van der Waals surface area contributed by atoms with Crippen molar-refractivity contribution in [3.05, 3.63) is 21.3 Å². The first-order chi connectivity index (χ1) is 7.46. The van der Waals surface area contributed by atoms with Gasteiger partial charge in [-0.15, -0.1) is 11.3 Å². The van der Waals surface area contributed by atoms with Gasteiger partial charge in [0.25, 0.3) is 0 Å². The van der Waals surface area contributed by atoms with Gasteiger partial charge in [0.15, 0.2) is 9.84 Å². The zero-order chi connectivity index (χ0) is 11.8. The molecule has 90 valence electrons. The highest BCUT2D eigenvalue weighted by molar-refractivity contribution is 7.91. The van der Waals surface area contributed by atoms with E-state index in [2.05, 4.69) is 5.32 Å². The zero-order valence-corrected chi connectivity index (χ0v) is 11.3. The zero-order valence-electron chi connectivity index (χ0n) is 8.94. The van der Waals surface area contributed by atoms with E-state index in [9.17, 15) is 8.42 Å². The molecule has 6 heteroatoms. The molecule has 1 aromatic rings. The molecule has 1 aromatic heterocycles. The largest absolute Gasteiger partial charge is 0.306 e. The Kier molecular flexibility index (Phi) is 3.59. The van der Waals surface area contributed by atoms with Crippen molar-refractivity contribution in [2.75, 3.05) is 11.5 Å². The number of thiophene rings is 1. The lowest BCUT2D eigenvalue weighted by Gasteiger charge is -2.17. The van der Waals surface area contributed by atoms with Crippen molar-refractivity contribution < 1.29 is 8.42 Å². The van der Waals surface area contributed by atoms with Gasteiger partial charge in [0, 0.05) is 12.1 Å². The Morgan fingerprint density at radius 3 is 2.94 bits per heavy atom. The lowest BCUT2D eigenvalue weighted by atomic mass is 10.1. The van der Waals surface area contributed by atoms with Crippen LogP contribution in [0.5, 0.6) is 0 Å². The Morgan fingerprint density at radius 1 is 1.56 bits per heavy atom. The summed E-state index contributed by atoms with van der Waals surface area (Å²) in [7, 11) is -2.94. The third kappa shape index (κ3) is 2.97. The van der Waals surface area contributed by atoms with Crippen LogP contribution in [0, 0.1) is 0 Å². The molecule has 0 aromatic carbocycles. The SMILES string of the molecule is CC1CCS(=O)(=O)CC(c2csc(Cl)c2)N1. The highest BCUT2D eigenvalue weighted by Gasteiger charge is 2.27. The summed E-state index contributed by atoms with van der Waals surface area (Å²) in [6.45, 7) is 2.02. The lowest BCUT2D eigenvalue weighted by molar-refractivity contribution is 0.485. The average molecular weight is 280 g/mol. The fraction of sp³-hybridized carbons (Fsp3) is 0.600. The highest BCUT2D eigenvalue weighted by Crippen LogP contribution is 2.27. The maximum absolute atomic E-state index is 11.7. The second kappa shape index (κ2) is 4.64. The lowest BCUT2D eigenvalue weighted by Crippen LogP contribution is -2.30. The summed E-state index contributed by atoms with van der Waals surface area (Å²) in [5, 5.41) is 5.26. The molecule has 2 unspecified atom stereocenters. The quantitative estimate of drug-likeness (QED) is 0.858. The number of sulfone groups is 1. The predicted molar refractivity (Wildman–Crippen MR) is 67.9 cm³/mol. The van der Waals surface area contributed by atoms with E-state index < -0.39 is 9.84 Å². The van der Waals surface area contributed by atoms with E-state index >= 15 is 0 Å². The topological polar surface area (TPSA) is 46.2 Å². The Hall–Kier alpha value is -0.100. The summed E-state index contributed by atoms with van der Waals surface area (Å²) in [6, 6.07) is 1.95. The van der Waals surface area contributed by atoms with E-state index in [4.69, 9.17) is 11.6 Å². The van der Waals surface area contributed by atoms with Gasteiger partial charge in [-0.05, 0) is 30.4 Å². The highest BCUT2D eigenvalue weighted by atomic mass is 35.5. The van der Waals surface area contributed by atoms with Crippen molar-refractivity contribution in [3.8, 4) is 0 Å². The second-order valence-electron chi connectivity index (χ2n) is 4.21. The van der Waals surface area contributed by atoms with Gasteiger partial charge < -0.3 is 5.32 Å². The number of rotatable bonds is 1. The summed E-state index contributed by atoms with van der Waals surface area (Å²) in [4.78, 5) is 0. The first-order valence-corrected chi connectivity index (χ1v) is 8.24. The minimum Gasteiger partial charge on any atom is -0.306 e. The number of hydrogen-bond acceptors (Lipinski definition) is 4. The average Bonchev–Trinajstić information content (AvgIpc) is 2.55. The molecule has 0 spiro atoms. The van der Waals surface area contributed by atoms with Crippen LogP contribution < -0.4 is 5.32 Å². The number of halogens is 1. The van der Waals surface area contributed by atoms with Gasteiger partial charge >= 0.3 is 0 Å². The number of hydrogen-bond donors (Lipinski definition) is 1. The fourth-order valence-electron chi connectivity index (χ4n) is 1.87. The maximum atomic E-state index is 11.7. The van der Waals surface area contributed by atoms with Crippen LogP contribution >= 0.6 is 22.9 Å². The van der Waals surface area contributed by atoms with E-state index in [1.807, 2.05) is 18.4 Å². The minimum atomic E-state index is -2.94.